The lowest BCUT2D eigenvalue weighted by Gasteiger charge is -2.05. The van der Waals surface area contributed by atoms with Gasteiger partial charge in [-0.25, -0.2) is 0 Å². The summed E-state index contributed by atoms with van der Waals surface area (Å²) >= 11 is 1.29. The minimum Gasteiger partial charge on any atom is -0.549 e. The van der Waals surface area contributed by atoms with Crippen LogP contribution in [0.2, 0.25) is 0 Å². The Bertz CT molecular complexity index is 321. The maximum Gasteiger partial charge on any atom is 0.0517 e. The monoisotopic (exact) mass is 195 g/mol. The molecule has 0 heterocycles. The predicted molar refractivity (Wildman–Crippen MR) is 51.6 cm³/mol. The molecule has 1 aromatic carbocycles. The summed E-state index contributed by atoms with van der Waals surface area (Å²) in [5.74, 6) is -1.01. The molecule has 2 nitrogen and oxygen atoms in total. The fraction of sp³-hybridized carbons (Fsp3) is 0.300. The molecule has 0 aliphatic rings. The van der Waals surface area contributed by atoms with Crippen molar-refractivity contribution in [3.05, 3.63) is 29.3 Å². The van der Waals surface area contributed by atoms with Crippen molar-refractivity contribution < 1.29 is 9.90 Å². The highest BCUT2D eigenvalue weighted by atomic mass is 32.2. The van der Waals surface area contributed by atoms with Crippen LogP contribution in [0.5, 0.6) is 0 Å². The third-order valence-electron chi connectivity index (χ3n) is 1.84. The van der Waals surface area contributed by atoms with Crippen LogP contribution in [0.1, 0.15) is 11.1 Å². The second-order valence-corrected chi connectivity index (χ2v) is 3.96. The quantitative estimate of drug-likeness (QED) is 0.679. The van der Waals surface area contributed by atoms with Gasteiger partial charge in [-0.15, -0.1) is 11.8 Å². The Hall–Kier alpha value is -0.960. The van der Waals surface area contributed by atoms with Crippen LogP contribution >= 0.6 is 11.8 Å². The smallest absolute Gasteiger partial charge is 0.0517 e. The highest BCUT2D eigenvalue weighted by Crippen LogP contribution is 2.20. The molecule has 0 fully saturated rings. The molecule has 0 unspecified atom stereocenters. The summed E-state index contributed by atoms with van der Waals surface area (Å²) in [6, 6.07) is 5.91. The maximum absolute atomic E-state index is 10.2. The zero-order valence-electron chi connectivity index (χ0n) is 7.66. The lowest BCUT2D eigenvalue weighted by molar-refractivity contribution is -0.301. The number of carboxylic acids is 1. The Morgan fingerprint density at radius 1 is 1.38 bits per heavy atom. The first-order chi connectivity index (χ1) is 6.09. The zero-order valence-corrected chi connectivity index (χ0v) is 8.48. The molecule has 0 bridgehead atoms. The van der Waals surface area contributed by atoms with E-state index < -0.39 is 5.97 Å². The van der Waals surface area contributed by atoms with E-state index in [1.807, 2.05) is 32.0 Å². The van der Waals surface area contributed by atoms with Crippen molar-refractivity contribution in [2.75, 3.05) is 5.75 Å². The Morgan fingerprint density at radius 3 is 2.62 bits per heavy atom. The highest BCUT2D eigenvalue weighted by Gasteiger charge is 1.96. The molecule has 1 aromatic rings. The summed E-state index contributed by atoms with van der Waals surface area (Å²) < 4.78 is 0. The third kappa shape index (κ3) is 3.11. The van der Waals surface area contributed by atoms with Crippen molar-refractivity contribution in [3.8, 4) is 0 Å². The van der Waals surface area contributed by atoms with Crippen LogP contribution in [-0.2, 0) is 4.79 Å². The third-order valence-corrected chi connectivity index (χ3v) is 2.80. The molecule has 13 heavy (non-hydrogen) atoms. The Labute approximate surface area is 82.0 Å². The van der Waals surface area contributed by atoms with Gasteiger partial charge in [0, 0.05) is 10.6 Å². The van der Waals surface area contributed by atoms with Crippen LogP contribution < -0.4 is 5.11 Å². The average Bonchev–Trinajstić information content (AvgIpc) is 2.07. The van der Waals surface area contributed by atoms with Crippen LogP contribution in [0.3, 0.4) is 0 Å². The van der Waals surface area contributed by atoms with Crippen molar-refractivity contribution in [1.29, 1.82) is 0 Å². The van der Waals surface area contributed by atoms with Crippen molar-refractivity contribution in [2.45, 2.75) is 18.7 Å². The van der Waals surface area contributed by atoms with E-state index in [1.165, 1.54) is 22.9 Å². The van der Waals surface area contributed by atoms with Crippen LogP contribution in [0.15, 0.2) is 23.1 Å². The van der Waals surface area contributed by atoms with Crippen LogP contribution in [-0.4, -0.2) is 11.7 Å². The predicted octanol–water partition coefficient (Wildman–Crippen LogP) is 1.15. The Morgan fingerprint density at radius 2 is 2.08 bits per heavy atom. The summed E-state index contributed by atoms with van der Waals surface area (Å²) in [6.45, 7) is 4.04. The Kier molecular flexibility index (Phi) is 3.37. The second kappa shape index (κ2) is 4.33. The first-order valence-corrected chi connectivity index (χ1v) is 4.98. The minimum absolute atomic E-state index is 0.0164. The number of carbonyl (C=O) groups is 1. The van der Waals surface area contributed by atoms with E-state index in [1.54, 1.807) is 0 Å². The van der Waals surface area contributed by atoms with Gasteiger partial charge in [-0.2, -0.15) is 0 Å². The number of hydrogen-bond acceptors (Lipinski definition) is 3. The van der Waals surface area contributed by atoms with Gasteiger partial charge in [0.1, 0.15) is 0 Å². The van der Waals surface area contributed by atoms with Crippen molar-refractivity contribution in [2.24, 2.45) is 0 Å². The average molecular weight is 195 g/mol. The van der Waals surface area contributed by atoms with E-state index in [0.29, 0.717) is 0 Å². The molecule has 0 saturated heterocycles. The molecule has 70 valence electrons. The maximum atomic E-state index is 10.2. The zero-order chi connectivity index (χ0) is 9.84. The first-order valence-electron chi connectivity index (χ1n) is 3.99. The molecule has 3 heteroatoms. The lowest BCUT2D eigenvalue weighted by atomic mass is 10.1. The number of hydrogen-bond donors (Lipinski definition) is 0. The van der Waals surface area contributed by atoms with E-state index in [9.17, 15) is 9.90 Å². The number of benzene rings is 1. The van der Waals surface area contributed by atoms with Crippen molar-refractivity contribution in [3.63, 3.8) is 0 Å². The number of carbonyl (C=O) groups excluding carboxylic acids is 1. The molecule has 0 saturated carbocycles. The summed E-state index contributed by atoms with van der Waals surface area (Å²) in [6.07, 6.45) is 0. The molecule has 0 atom stereocenters. The Balaban J connectivity index is 2.68. The van der Waals surface area contributed by atoms with E-state index in [4.69, 9.17) is 0 Å². The lowest BCUT2D eigenvalue weighted by Crippen LogP contribution is -2.24. The number of rotatable bonds is 3. The van der Waals surface area contributed by atoms with Gasteiger partial charge in [0.05, 0.1) is 5.97 Å². The summed E-state index contributed by atoms with van der Waals surface area (Å²) in [4.78, 5) is 11.2. The van der Waals surface area contributed by atoms with Gasteiger partial charge in [-0.1, -0.05) is 6.07 Å². The topological polar surface area (TPSA) is 40.1 Å². The van der Waals surface area contributed by atoms with Gasteiger partial charge < -0.3 is 9.90 Å². The van der Waals surface area contributed by atoms with Crippen molar-refractivity contribution >= 4 is 17.7 Å². The largest absolute Gasteiger partial charge is 0.549 e. The van der Waals surface area contributed by atoms with Crippen LogP contribution in [0, 0.1) is 13.8 Å². The summed E-state index contributed by atoms with van der Waals surface area (Å²) in [5.41, 5.74) is 2.40. The van der Waals surface area contributed by atoms with Crippen LogP contribution in [0.4, 0.5) is 0 Å². The van der Waals surface area contributed by atoms with Gasteiger partial charge in [0.15, 0.2) is 0 Å². The van der Waals surface area contributed by atoms with E-state index in [2.05, 4.69) is 0 Å². The molecule has 0 aromatic heterocycles. The SMILES string of the molecule is Cc1ccc(SCC(=O)[O-])cc1C. The van der Waals surface area contributed by atoms with Gasteiger partial charge in [0.2, 0.25) is 0 Å². The molecule has 0 spiro atoms. The van der Waals surface area contributed by atoms with Gasteiger partial charge >= 0.3 is 0 Å². The first kappa shape index (κ1) is 10.1. The standard InChI is InChI=1S/C10H12O2S/c1-7-3-4-9(5-8(7)2)13-6-10(11)12/h3-5H,6H2,1-2H3,(H,11,12)/p-1. The highest BCUT2D eigenvalue weighted by molar-refractivity contribution is 8.00. The van der Waals surface area contributed by atoms with E-state index in [-0.39, 0.29) is 5.75 Å². The molecular formula is C10H11O2S-. The molecule has 1 rings (SSSR count). The van der Waals surface area contributed by atoms with E-state index >= 15 is 0 Å². The second-order valence-electron chi connectivity index (χ2n) is 2.91. The van der Waals surface area contributed by atoms with Gasteiger partial charge in [0.25, 0.3) is 0 Å². The number of thioether (sulfide) groups is 1. The molecule has 0 N–H and O–H groups in total. The molecular weight excluding hydrogens is 184 g/mol. The molecule has 0 aliphatic carbocycles. The fourth-order valence-electron chi connectivity index (χ4n) is 0.946. The fourth-order valence-corrected chi connectivity index (χ4v) is 1.65. The normalized spacial score (nSPS) is 10.0. The van der Waals surface area contributed by atoms with Gasteiger partial charge in [-0.05, 0) is 37.1 Å². The molecule has 0 aliphatic heterocycles. The minimum atomic E-state index is -1.02. The van der Waals surface area contributed by atoms with E-state index in [0.717, 1.165) is 4.90 Å². The number of carboxylic acid groups (broad SMARTS) is 1. The number of aryl methyl sites for hydroxylation is 2. The summed E-state index contributed by atoms with van der Waals surface area (Å²) in [7, 11) is 0. The molecule has 0 amide bonds. The number of aliphatic carboxylic acids is 1. The molecule has 0 radical (unpaired) electrons. The summed E-state index contributed by atoms with van der Waals surface area (Å²) in [5, 5.41) is 10.2. The van der Waals surface area contributed by atoms with Gasteiger partial charge in [-0.3, -0.25) is 0 Å². The van der Waals surface area contributed by atoms with Crippen LogP contribution in [0.25, 0.3) is 0 Å². The van der Waals surface area contributed by atoms with Crippen molar-refractivity contribution in [1.82, 2.24) is 0 Å².